The second-order valence-corrected chi connectivity index (χ2v) is 1.18. The van der Waals surface area contributed by atoms with Crippen molar-refractivity contribution in [2.24, 2.45) is 0 Å². The third-order valence-electron chi connectivity index (χ3n) is 0.675. The van der Waals surface area contributed by atoms with E-state index in [1.54, 1.807) is 0 Å². The van der Waals surface area contributed by atoms with Crippen molar-refractivity contribution >= 4 is 0 Å². The van der Waals surface area contributed by atoms with E-state index in [4.69, 9.17) is 0 Å². The van der Waals surface area contributed by atoms with Crippen LogP contribution in [0.2, 0.25) is 0 Å². The molecule has 0 saturated carbocycles. The van der Waals surface area contributed by atoms with E-state index < -0.39 is 0 Å². The first-order valence-electron chi connectivity index (χ1n) is 2.06. The fourth-order valence-corrected chi connectivity index (χ4v) is 0.370. The summed E-state index contributed by atoms with van der Waals surface area (Å²) in [4.78, 5) is 9.05. The van der Waals surface area contributed by atoms with E-state index in [2.05, 4.69) is 9.78 Å². The molecule has 0 bridgehead atoms. The standard InChI is InChI=1S/C3H7NO2/c1-2-5-6-3-4-1/h4H,1-3H2/p+1. The molecule has 2 N–H and O–H groups in total. The van der Waals surface area contributed by atoms with E-state index in [0.717, 1.165) is 13.2 Å². The average Bonchev–Trinajstić information content (AvgIpc) is 1.72. The molecule has 36 valence electrons. The zero-order valence-electron chi connectivity index (χ0n) is 3.52. The van der Waals surface area contributed by atoms with Crippen LogP contribution in [0.1, 0.15) is 0 Å². The van der Waals surface area contributed by atoms with Crippen LogP contribution >= 0.6 is 0 Å². The highest BCUT2D eigenvalue weighted by molar-refractivity contribution is 4.14. The molecule has 0 aromatic rings. The Kier molecular flexibility index (Phi) is 1.43. The highest BCUT2D eigenvalue weighted by Gasteiger charge is 1.97. The van der Waals surface area contributed by atoms with E-state index in [1.165, 1.54) is 0 Å². The molecule has 0 amide bonds. The van der Waals surface area contributed by atoms with Gasteiger partial charge in [-0.05, 0) is 0 Å². The molecule has 1 aliphatic rings. The molecular formula is C3H8NO2+. The number of hydrogen-bond donors (Lipinski definition) is 1. The van der Waals surface area contributed by atoms with Gasteiger partial charge in [0.05, 0.1) is 0 Å². The SMILES string of the molecule is C1COOC[NH2+]1. The lowest BCUT2D eigenvalue weighted by atomic mass is 10.7. The summed E-state index contributed by atoms with van der Waals surface area (Å²) in [6, 6.07) is 0. The van der Waals surface area contributed by atoms with Crippen LogP contribution in [0.15, 0.2) is 0 Å². The summed E-state index contributed by atoms with van der Waals surface area (Å²) in [7, 11) is 0. The zero-order chi connectivity index (χ0) is 4.24. The van der Waals surface area contributed by atoms with Crippen molar-refractivity contribution < 1.29 is 15.1 Å². The van der Waals surface area contributed by atoms with Gasteiger partial charge in [0.2, 0.25) is 6.73 Å². The van der Waals surface area contributed by atoms with E-state index in [0.29, 0.717) is 6.73 Å². The van der Waals surface area contributed by atoms with E-state index >= 15 is 0 Å². The molecule has 0 radical (unpaired) electrons. The molecule has 0 aromatic heterocycles. The monoisotopic (exact) mass is 90.1 g/mol. The molecule has 0 atom stereocenters. The molecule has 1 saturated heterocycles. The number of hydrogen-bond acceptors (Lipinski definition) is 2. The van der Waals surface area contributed by atoms with E-state index in [-0.39, 0.29) is 0 Å². The summed E-state index contributed by atoms with van der Waals surface area (Å²) in [5.74, 6) is 0. The molecule has 1 rings (SSSR count). The molecular weight excluding hydrogens is 82.0 g/mol. The second kappa shape index (κ2) is 2.12. The Morgan fingerprint density at radius 1 is 1.33 bits per heavy atom. The normalized spacial score (nSPS) is 24.0. The highest BCUT2D eigenvalue weighted by atomic mass is 17.2. The summed E-state index contributed by atoms with van der Waals surface area (Å²) in [5, 5.41) is 2.05. The summed E-state index contributed by atoms with van der Waals surface area (Å²) < 4.78 is 0. The largest absolute Gasteiger partial charge is 0.320 e. The van der Waals surface area contributed by atoms with Gasteiger partial charge in [0, 0.05) is 0 Å². The third kappa shape index (κ3) is 0.931. The average molecular weight is 90.1 g/mol. The molecule has 0 spiro atoms. The Bertz CT molecular complexity index is 24.3. The highest BCUT2D eigenvalue weighted by Crippen LogP contribution is 1.72. The topological polar surface area (TPSA) is 35.1 Å². The predicted octanol–water partition coefficient (Wildman–Crippen LogP) is -1.53. The van der Waals surface area contributed by atoms with Gasteiger partial charge in [0.1, 0.15) is 13.2 Å². The molecule has 1 aliphatic heterocycles. The van der Waals surface area contributed by atoms with Crippen LogP contribution in [0.4, 0.5) is 0 Å². The Hall–Kier alpha value is -0.120. The van der Waals surface area contributed by atoms with Gasteiger partial charge in [-0.1, -0.05) is 0 Å². The first kappa shape index (κ1) is 4.05. The minimum Gasteiger partial charge on any atom is -0.320 e. The van der Waals surface area contributed by atoms with Gasteiger partial charge in [-0.3, -0.25) is 0 Å². The maximum atomic E-state index is 4.54. The van der Waals surface area contributed by atoms with Crippen molar-refractivity contribution in [1.29, 1.82) is 0 Å². The number of nitrogens with two attached hydrogens (primary N) is 1. The van der Waals surface area contributed by atoms with Crippen LogP contribution in [0.3, 0.4) is 0 Å². The van der Waals surface area contributed by atoms with Gasteiger partial charge < -0.3 is 5.32 Å². The first-order valence-corrected chi connectivity index (χ1v) is 2.06. The van der Waals surface area contributed by atoms with Crippen LogP contribution in [0, 0.1) is 0 Å². The van der Waals surface area contributed by atoms with E-state index in [9.17, 15) is 0 Å². The molecule has 6 heavy (non-hydrogen) atoms. The van der Waals surface area contributed by atoms with Crippen molar-refractivity contribution in [3.8, 4) is 0 Å². The Morgan fingerprint density at radius 3 is 2.50 bits per heavy atom. The van der Waals surface area contributed by atoms with Crippen LogP contribution < -0.4 is 5.32 Å². The number of quaternary nitrogens is 1. The molecule has 0 unspecified atom stereocenters. The zero-order valence-corrected chi connectivity index (χ0v) is 3.52. The van der Waals surface area contributed by atoms with Gasteiger partial charge in [-0.15, -0.1) is 0 Å². The molecule has 1 heterocycles. The van der Waals surface area contributed by atoms with Gasteiger partial charge in [-0.2, -0.15) is 4.89 Å². The first-order chi connectivity index (χ1) is 3.00. The predicted molar refractivity (Wildman–Crippen MR) is 18.7 cm³/mol. The molecule has 3 nitrogen and oxygen atoms in total. The summed E-state index contributed by atoms with van der Waals surface area (Å²) in [6.45, 7) is 2.40. The lowest BCUT2D eigenvalue weighted by Crippen LogP contribution is -2.87. The minimum absolute atomic E-state index is 0.653. The molecule has 0 aromatic carbocycles. The summed E-state index contributed by atoms with van der Waals surface area (Å²) in [5.41, 5.74) is 0. The van der Waals surface area contributed by atoms with Gasteiger partial charge >= 0.3 is 0 Å². The van der Waals surface area contributed by atoms with Crippen LogP contribution in [0.5, 0.6) is 0 Å². The smallest absolute Gasteiger partial charge is 0.211 e. The lowest BCUT2D eigenvalue weighted by Gasteiger charge is -2.06. The molecule has 0 aliphatic carbocycles. The lowest BCUT2D eigenvalue weighted by molar-refractivity contribution is -0.739. The maximum absolute atomic E-state index is 4.54. The van der Waals surface area contributed by atoms with Crippen LogP contribution in [-0.2, 0) is 9.78 Å². The fourth-order valence-electron chi connectivity index (χ4n) is 0.370. The number of rotatable bonds is 0. The maximum Gasteiger partial charge on any atom is 0.211 e. The Morgan fingerprint density at radius 2 is 2.33 bits per heavy atom. The van der Waals surface area contributed by atoms with Crippen LogP contribution in [0.25, 0.3) is 0 Å². The third-order valence-corrected chi connectivity index (χ3v) is 0.675. The van der Waals surface area contributed by atoms with E-state index in [1.807, 2.05) is 5.32 Å². The Labute approximate surface area is 36.2 Å². The van der Waals surface area contributed by atoms with Crippen molar-refractivity contribution in [3.63, 3.8) is 0 Å². The summed E-state index contributed by atoms with van der Waals surface area (Å²) >= 11 is 0. The second-order valence-electron chi connectivity index (χ2n) is 1.18. The quantitative estimate of drug-likeness (QED) is 0.366. The van der Waals surface area contributed by atoms with Crippen LogP contribution in [-0.4, -0.2) is 19.9 Å². The minimum atomic E-state index is 0.653. The van der Waals surface area contributed by atoms with Gasteiger partial charge in [0.25, 0.3) is 0 Å². The van der Waals surface area contributed by atoms with Crippen molar-refractivity contribution in [2.45, 2.75) is 0 Å². The Balaban J connectivity index is 2.00. The van der Waals surface area contributed by atoms with Crippen molar-refractivity contribution in [2.75, 3.05) is 19.9 Å². The van der Waals surface area contributed by atoms with Gasteiger partial charge in [0.15, 0.2) is 0 Å². The van der Waals surface area contributed by atoms with Gasteiger partial charge in [-0.25, -0.2) is 4.89 Å². The molecule has 3 heteroatoms. The van der Waals surface area contributed by atoms with Crippen molar-refractivity contribution in [1.82, 2.24) is 0 Å². The van der Waals surface area contributed by atoms with Crippen molar-refractivity contribution in [3.05, 3.63) is 0 Å². The fraction of sp³-hybridized carbons (Fsp3) is 1.00. The molecule has 1 fully saturated rings. The summed E-state index contributed by atoms with van der Waals surface area (Å²) in [6.07, 6.45) is 0.